The highest BCUT2D eigenvalue weighted by Crippen LogP contribution is 2.35. The number of amides is 1. The molecule has 138 valence electrons. The normalized spacial score (nSPS) is 13.8. The second-order valence-electron chi connectivity index (χ2n) is 5.63. The predicted octanol–water partition coefficient (Wildman–Crippen LogP) is 2.39. The Balaban J connectivity index is 1.91. The Hall–Kier alpha value is -2.39. The first-order valence-corrected chi connectivity index (χ1v) is 10.4. The molecule has 1 aliphatic rings. The van der Waals surface area contributed by atoms with Crippen molar-refractivity contribution in [3.05, 3.63) is 41.3 Å². The fourth-order valence-electron chi connectivity index (χ4n) is 2.77. The average molecular weight is 394 g/mol. The summed E-state index contributed by atoms with van der Waals surface area (Å²) in [5.74, 6) is -1.87. The first-order valence-electron chi connectivity index (χ1n) is 8.10. The van der Waals surface area contributed by atoms with Gasteiger partial charge in [0.05, 0.1) is 12.3 Å². The molecule has 0 spiro atoms. The largest absolute Gasteiger partial charge is 0.459 e. The van der Waals surface area contributed by atoms with Crippen molar-refractivity contribution in [2.75, 3.05) is 22.8 Å². The van der Waals surface area contributed by atoms with E-state index in [0.29, 0.717) is 24.3 Å². The van der Waals surface area contributed by atoms with Gasteiger partial charge in [-0.15, -0.1) is 11.3 Å². The number of thiophene rings is 1. The third-order valence-corrected chi connectivity index (χ3v) is 7.11. The Labute approximate surface area is 155 Å². The van der Waals surface area contributed by atoms with Crippen molar-refractivity contribution in [3.8, 4) is 0 Å². The highest BCUT2D eigenvalue weighted by molar-refractivity contribution is 7.94. The highest BCUT2D eigenvalue weighted by atomic mass is 32.2. The lowest BCUT2D eigenvalue weighted by atomic mass is 10.0. The van der Waals surface area contributed by atoms with Gasteiger partial charge in [-0.1, -0.05) is 12.1 Å². The third-order valence-electron chi connectivity index (χ3n) is 3.92. The van der Waals surface area contributed by atoms with Crippen LogP contribution in [0.15, 0.2) is 39.9 Å². The number of hydrogen-bond donors (Lipinski definition) is 1. The van der Waals surface area contributed by atoms with Crippen LogP contribution in [-0.2, 0) is 30.8 Å². The number of carbonyl (C=O) groups is 2. The average Bonchev–Trinajstić information content (AvgIpc) is 3.16. The summed E-state index contributed by atoms with van der Waals surface area (Å²) in [7, 11) is -3.65. The van der Waals surface area contributed by atoms with Gasteiger partial charge in [0.15, 0.2) is 0 Å². The predicted molar refractivity (Wildman–Crippen MR) is 98.9 cm³/mol. The van der Waals surface area contributed by atoms with Crippen LogP contribution < -0.4 is 9.62 Å². The van der Waals surface area contributed by atoms with Gasteiger partial charge in [0.1, 0.15) is 4.21 Å². The summed E-state index contributed by atoms with van der Waals surface area (Å²) in [6, 6.07) is 8.26. The van der Waals surface area contributed by atoms with Crippen molar-refractivity contribution >= 4 is 44.6 Å². The van der Waals surface area contributed by atoms with Crippen molar-refractivity contribution in [2.45, 2.75) is 24.0 Å². The van der Waals surface area contributed by atoms with Gasteiger partial charge in [-0.3, -0.25) is 9.10 Å². The van der Waals surface area contributed by atoms with E-state index in [4.69, 9.17) is 0 Å². The first-order chi connectivity index (χ1) is 12.4. The fraction of sp³-hybridized carbons (Fsp3) is 0.294. The van der Waals surface area contributed by atoms with Crippen LogP contribution >= 0.6 is 11.3 Å². The molecule has 0 radical (unpaired) electrons. The first kappa shape index (κ1) is 18.4. The molecule has 9 heteroatoms. The molecule has 3 rings (SSSR count). The fourth-order valence-corrected chi connectivity index (χ4v) is 5.40. The van der Waals surface area contributed by atoms with E-state index in [0.717, 1.165) is 23.3 Å². The van der Waals surface area contributed by atoms with Gasteiger partial charge >= 0.3 is 11.9 Å². The molecule has 1 aromatic carbocycles. The van der Waals surface area contributed by atoms with E-state index < -0.39 is 21.9 Å². The van der Waals surface area contributed by atoms with Crippen molar-refractivity contribution in [2.24, 2.45) is 0 Å². The molecule has 2 aromatic rings. The van der Waals surface area contributed by atoms with Crippen LogP contribution in [0.4, 0.5) is 11.4 Å². The Morgan fingerprint density at radius 2 is 2.12 bits per heavy atom. The molecular weight excluding hydrogens is 376 g/mol. The Morgan fingerprint density at radius 3 is 2.81 bits per heavy atom. The Kier molecular flexibility index (Phi) is 5.28. The van der Waals surface area contributed by atoms with Crippen molar-refractivity contribution in [1.82, 2.24) is 0 Å². The molecule has 7 nitrogen and oxygen atoms in total. The van der Waals surface area contributed by atoms with Crippen LogP contribution in [0.25, 0.3) is 0 Å². The number of hydrogen-bond acceptors (Lipinski definition) is 6. The minimum atomic E-state index is -3.65. The Morgan fingerprint density at radius 1 is 1.31 bits per heavy atom. The molecule has 2 heterocycles. The molecule has 0 saturated heterocycles. The summed E-state index contributed by atoms with van der Waals surface area (Å²) < 4.78 is 32.1. The number of sulfonamides is 1. The molecule has 0 fully saturated rings. The molecule has 0 atom stereocenters. The van der Waals surface area contributed by atoms with Gasteiger partial charge in [-0.25, -0.2) is 13.2 Å². The van der Waals surface area contributed by atoms with E-state index in [-0.39, 0.29) is 10.8 Å². The maximum atomic E-state index is 12.9. The number of rotatable bonds is 4. The van der Waals surface area contributed by atoms with Crippen LogP contribution in [0, 0.1) is 0 Å². The number of aryl methyl sites for hydroxylation is 1. The number of carbonyl (C=O) groups excluding carboxylic acids is 2. The van der Waals surface area contributed by atoms with E-state index in [1.807, 2.05) is 0 Å². The maximum Gasteiger partial charge on any atom is 0.397 e. The van der Waals surface area contributed by atoms with E-state index in [1.165, 1.54) is 4.31 Å². The molecular formula is C17H18N2O5S2. The molecule has 1 aliphatic heterocycles. The summed E-state index contributed by atoms with van der Waals surface area (Å²) in [6.45, 7) is 2.07. The van der Waals surface area contributed by atoms with Gasteiger partial charge in [-0.2, -0.15) is 0 Å². The third kappa shape index (κ3) is 3.58. The van der Waals surface area contributed by atoms with Crippen LogP contribution in [0.2, 0.25) is 0 Å². The minimum Gasteiger partial charge on any atom is -0.459 e. The van der Waals surface area contributed by atoms with Crippen LogP contribution in [0.1, 0.15) is 18.9 Å². The number of nitrogens with one attached hydrogen (secondary N) is 1. The highest BCUT2D eigenvalue weighted by Gasteiger charge is 2.30. The van der Waals surface area contributed by atoms with Crippen molar-refractivity contribution in [1.29, 1.82) is 0 Å². The zero-order valence-corrected chi connectivity index (χ0v) is 15.7. The summed E-state index contributed by atoms with van der Waals surface area (Å²) >= 11 is 1.16. The van der Waals surface area contributed by atoms with Crippen molar-refractivity contribution < 1.29 is 22.7 Å². The van der Waals surface area contributed by atoms with Gasteiger partial charge in [0.25, 0.3) is 10.0 Å². The lowest BCUT2D eigenvalue weighted by Gasteiger charge is -2.30. The molecule has 0 saturated carbocycles. The van der Waals surface area contributed by atoms with Gasteiger partial charge in [0, 0.05) is 12.2 Å². The second kappa shape index (κ2) is 7.46. The molecule has 1 N–H and O–H groups in total. The van der Waals surface area contributed by atoms with Gasteiger partial charge in [0.2, 0.25) is 0 Å². The molecule has 1 aromatic heterocycles. The van der Waals surface area contributed by atoms with E-state index in [2.05, 4.69) is 10.1 Å². The summed E-state index contributed by atoms with van der Waals surface area (Å²) in [5.41, 5.74) is 1.74. The molecule has 26 heavy (non-hydrogen) atoms. The van der Waals surface area contributed by atoms with E-state index in [1.54, 1.807) is 42.6 Å². The maximum absolute atomic E-state index is 12.9. The number of ether oxygens (including phenoxy) is 1. The zero-order valence-electron chi connectivity index (χ0n) is 14.1. The molecule has 0 aliphatic carbocycles. The van der Waals surface area contributed by atoms with Gasteiger partial charge in [-0.05, 0) is 48.9 Å². The van der Waals surface area contributed by atoms with Crippen LogP contribution in [0.3, 0.4) is 0 Å². The van der Waals surface area contributed by atoms with Gasteiger partial charge < -0.3 is 10.1 Å². The minimum absolute atomic E-state index is 0.100. The number of anilines is 2. The topological polar surface area (TPSA) is 92.8 Å². The number of benzene rings is 1. The molecule has 0 unspecified atom stereocenters. The van der Waals surface area contributed by atoms with Crippen molar-refractivity contribution in [3.63, 3.8) is 0 Å². The molecule has 0 bridgehead atoms. The van der Waals surface area contributed by atoms with E-state index >= 15 is 0 Å². The van der Waals surface area contributed by atoms with Crippen LogP contribution in [-0.4, -0.2) is 33.4 Å². The Bertz CT molecular complexity index is 923. The lowest BCUT2D eigenvalue weighted by Crippen LogP contribution is -2.35. The number of nitrogens with zero attached hydrogens (tertiary/aromatic N) is 1. The standard InChI is InChI=1S/C17H18N2O5S2/c1-2-24-17(21)16(20)18-13-8-7-12-5-3-9-19(14(12)11-13)26(22,23)15-6-4-10-25-15/h4,6-8,10-11H,2-3,5,9H2,1H3,(H,18,20). The smallest absolute Gasteiger partial charge is 0.397 e. The number of fused-ring (bicyclic) bond motifs is 1. The summed E-state index contributed by atoms with van der Waals surface area (Å²) in [5, 5.41) is 4.17. The SMILES string of the molecule is CCOC(=O)C(=O)Nc1ccc2c(c1)N(S(=O)(=O)c1cccs1)CCC2. The van der Waals surface area contributed by atoms with E-state index in [9.17, 15) is 18.0 Å². The van der Waals surface area contributed by atoms with Crippen LogP contribution in [0.5, 0.6) is 0 Å². The quantitative estimate of drug-likeness (QED) is 0.635. The second-order valence-corrected chi connectivity index (χ2v) is 8.67. The monoisotopic (exact) mass is 394 g/mol. The summed E-state index contributed by atoms with van der Waals surface area (Å²) in [6.07, 6.45) is 1.46. The lowest BCUT2D eigenvalue weighted by molar-refractivity contribution is -0.152. The zero-order chi connectivity index (χ0) is 18.7. The number of esters is 1. The molecule has 1 amide bonds. The summed E-state index contributed by atoms with van der Waals surface area (Å²) in [4.78, 5) is 23.3.